The number of rotatable bonds is 6. The fraction of sp³-hybridized carbons (Fsp3) is 0.167. The highest BCUT2D eigenvalue weighted by Gasteiger charge is 2.31. The Balaban J connectivity index is 1.80. The molecule has 2 N–H and O–H groups in total. The van der Waals surface area contributed by atoms with Crippen LogP contribution in [0.15, 0.2) is 53.3 Å². The minimum Gasteiger partial charge on any atom is -0.321 e. The molecule has 0 saturated carbocycles. The zero-order valence-electron chi connectivity index (χ0n) is 19.0. The van der Waals surface area contributed by atoms with Crippen molar-refractivity contribution in [1.29, 1.82) is 0 Å². The Hall–Kier alpha value is -3.41. The summed E-state index contributed by atoms with van der Waals surface area (Å²) in [5, 5.41) is 5.44. The summed E-state index contributed by atoms with van der Waals surface area (Å²) in [5.41, 5.74) is -1.41. The van der Waals surface area contributed by atoms with Gasteiger partial charge < -0.3 is 10.6 Å². The first-order valence-electron chi connectivity index (χ1n) is 10.8. The Bertz CT molecular complexity index is 1560. The van der Waals surface area contributed by atoms with Crippen LogP contribution in [0, 0.1) is 0 Å². The molecule has 0 spiro atoms. The molecule has 2 aromatic carbocycles. The lowest BCUT2D eigenvalue weighted by molar-refractivity contribution is -0.137. The van der Waals surface area contributed by atoms with Gasteiger partial charge in [-0.05, 0) is 42.8 Å². The van der Waals surface area contributed by atoms with E-state index in [0.29, 0.717) is 18.5 Å². The van der Waals surface area contributed by atoms with E-state index in [1.165, 1.54) is 30.3 Å². The van der Waals surface area contributed by atoms with E-state index in [2.05, 4.69) is 15.6 Å². The van der Waals surface area contributed by atoms with Gasteiger partial charge in [0, 0.05) is 33.2 Å². The van der Waals surface area contributed by atoms with Crippen molar-refractivity contribution >= 4 is 62.7 Å². The smallest absolute Gasteiger partial charge is 0.321 e. The second-order valence-corrected chi connectivity index (χ2v) is 9.73. The molecular weight excluding hydrogens is 552 g/mol. The molecule has 2 aromatic heterocycles. The predicted octanol–water partition coefficient (Wildman–Crippen LogP) is 6.54. The first-order chi connectivity index (χ1) is 17.5. The van der Waals surface area contributed by atoms with E-state index in [-0.39, 0.29) is 37.0 Å². The van der Waals surface area contributed by atoms with Crippen LogP contribution >= 0.6 is 34.5 Å². The van der Waals surface area contributed by atoms with Gasteiger partial charge in [-0.25, -0.2) is 9.38 Å². The van der Waals surface area contributed by atoms with Crippen molar-refractivity contribution in [2.75, 3.05) is 10.6 Å². The number of carbonyl (C=O) groups is 2. The van der Waals surface area contributed by atoms with Crippen LogP contribution in [0.1, 0.15) is 44.8 Å². The number of hydrogen-bond donors (Lipinski definition) is 2. The summed E-state index contributed by atoms with van der Waals surface area (Å²) in [5.74, 6) is -1.73. The Kier molecular flexibility index (Phi) is 7.58. The van der Waals surface area contributed by atoms with Crippen LogP contribution in [-0.4, -0.2) is 21.2 Å². The number of thiazole rings is 1. The van der Waals surface area contributed by atoms with Gasteiger partial charge in [-0.1, -0.05) is 53.9 Å². The van der Waals surface area contributed by atoms with Gasteiger partial charge in [-0.3, -0.25) is 14.4 Å². The van der Waals surface area contributed by atoms with Crippen molar-refractivity contribution in [3.8, 4) is 0 Å². The van der Waals surface area contributed by atoms with E-state index in [1.807, 2.05) is 6.92 Å². The molecule has 2 amide bonds. The summed E-state index contributed by atoms with van der Waals surface area (Å²) in [7, 11) is 0. The van der Waals surface area contributed by atoms with Crippen molar-refractivity contribution in [2.45, 2.75) is 25.9 Å². The van der Waals surface area contributed by atoms with Gasteiger partial charge in [0.25, 0.3) is 17.4 Å². The lowest BCUT2D eigenvalue weighted by atomic mass is 10.2. The topological polar surface area (TPSA) is 92.6 Å². The first kappa shape index (κ1) is 26.6. The lowest BCUT2D eigenvalue weighted by Gasteiger charge is -2.11. The van der Waals surface area contributed by atoms with E-state index in [0.717, 1.165) is 33.9 Å². The number of benzene rings is 2. The molecule has 4 aromatic rings. The maximum absolute atomic E-state index is 13.3. The second-order valence-electron chi connectivity index (χ2n) is 7.88. The van der Waals surface area contributed by atoms with Crippen LogP contribution in [0.3, 0.4) is 0 Å². The Morgan fingerprint density at radius 2 is 1.68 bits per heavy atom. The van der Waals surface area contributed by atoms with Crippen molar-refractivity contribution in [1.82, 2.24) is 9.38 Å². The number of hydrogen-bond acceptors (Lipinski definition) is 5. The molecule has 0 aliphatic rings. The highest BCUT2D eigenvalue weighted by Crippen LogP contribution is 2.31. The summed E-state index contributed by atoms with van der Waals surface area (Å²) < 4.78 is 40.4. The van der Waals surface area contributed by atoms with Crippen LogP contribution in [0.25, 0.3) is 4.96 Å². The molecule has 0 atom stereocenters. The minimum atomic E-state index is -4.63. The van der Waals surface area contributed by atoms with Gasteiger partial charge in [0.2, 0.25) is 0 Å². The summed E-state index contributed by atoms with van der Waals surface area (Å²) in [4.78, 5) is 43.8. The Labute approximate surface area is 221 Å². The number of nitrogens with zero attached hydrogens (tertiary/aromatic N) is 2. The highest BCUT2D eigenvalue weighted by molar-refractivity contribution is 7.19. The normalized spacial score (nSPS) is 11.5. The molecule has 0 aliphatic carbocycles. The Morgan fingerprint density at radius 1 is 1.00 bits per heavy atom. The largest absolute Gasteiger partial charge is 0.416 e. The van der Waals surface area contributed by atoms with Gasteiger partial charge in [0.1, 0.15) is 10.6 Å². The number of fused-ring (bicyclic) bond motifs is 1. The van der Waals surface area contributed by atoms with Gasteiger partial charge >= 0.3 is 6.18 Å². The summed E-state index contributed by atoms with van der Waals surface area (Å²) >= 11 is 12.8. The fourth-order valence-corrected chi connectivity index (χ4v) is 5.11. The predicted molar refractivity (Wildman–Crippen MR) is 137 cm³/mol. The lowest BCUT2D eigenvalue weighted by Crippen LogP contribution is -2.25. The monoisotopic (exact) mass is 568 g/mol. The van der Waals surface area contributed by atoms with Crippen molar-refractivity contribution in [3.63, 3.8) is 0 Å². The molecule has 7 nitrogen and oxygen atoms in total. The molecule has 0 unspecified atom stereocenters. The molecule has 192 valence electrons. The van der Waals surface area contributed by atoms with Crippen LogP contribution in [-0.2, 0) is 12.6 Å². The minimum absolute atomic E-state index is 0.0828. The summed E-state index contributed by atoms with van der Waals surface area (Å²) in [6, 6.07) is 9.58. The molecular formula is C24H17Cl2F3N4O3S. The average Bonchev–Trinajstić information content (AvgIpc) is 3.19. The molecule has 0 bridgehead atoms. The van der Waals surface area contributed by atoms with Gasteiger partial charge in [-0.15, -0.1) is 0 Å². The highest BCUT2D eigenvalue weighted by atomic mass is 35.5. The standard InChI is InChI=1S/C24H17Cl2F3N4O3S/c1-2-4-15-11-18(34)33-19(21(35)30-16-6-3-5-12(7-16)24(27,28)29)20(37-23(33)32-15)22(36)31-17-9-13(25)8-14(26)10-17/h3,5-11H,2,4H2,1H3,(H,30,35)(H,31,36). The van der Waals surface area contributed by atoms with Crippen LogP contribution in [0.4, 0.5) is 24.5 Å². The van der Waals surface area contributed by atoms with Crippen LogP contribution in [0.2, 0.25) is 10.0 Å². The molecule has 0 saturated heterocycles. The zero-order chi connectivity index (χ0) is 26.9. The number of carbonyl (C=O) groups excluding carboxylic acids is 2. The van der Waals surface area contributed by atoms with Crippen molar-refractivity contribution < 1.29 is 22.8 Å². The molecule has 0 radical (unpaired) electrons. The number of anilines is 2. The fourth-order valence-electron chi connectivity index (χ4n) is 3.54. The van der Waals surface area contributed by atoms with Gasteiger partial charge in [0.15, 0.2) is 4.96 Å². The number of aromatic nitrogens is 2. The third-order valence-electron chi connectivity index (χ3n) is 5.07. The Morgan fingerprint density at radius 3 is 2.32 bits per heavy atom. The quantitative estimate of drug-likeness (QED) is 0.276. The van der Waals surface area contributed by atoms with E-state index in [4.69, 9.17) is 23.2 Å². The molecule has 2 heterocycles. The zero-order valence-corrected chi connectivity index (χ0v) is 21.3. The number of aryl methyl sites for hydroxylation is 1. The van der Waals surface area contributed by atoms with E-state index < -0.39 is 29.1 Å². The van der Waals surface area contributed by atoms with Crippen LogP contribution in [0.5, 0.6) is 0 Å². The molecule has 4 rings (SSSR count). The maximum Gasteiger partial charge on any atom is 0.416 e. The SMILES string of the molecule is CCCc1cc(=O)n2c(C(=O)Nc3cccc(C(F)(F)F)c3)c(C(=O)Nc3cc(Cl)cc(Cl)c3)sc2n1. The molecule has 0 fully saturated rings. The van der Waals surface area contributed by atoms with Crippen molar-refractivity contribution in [3.05, 3.63) is 90.8 Å². The third-order valence-corrected chi connectivity index (χ3v) is 6.54. The van der Waals surface area contributed by atoms with Crippen LogP contribution < -0.4 is 16.2 Å². The molecule has 0 aliphatic heterocycles. The van der Waals surface area contributed by atoms with Gasteiger partial charge in [-0.2, -0.15) is 13.2 Å². The summed E-state index contributed by atoms with van der Waals surface area (Å²) in [6.45, 7) is 1.90. The van der Waals surface area contributed by atoms with E-state index in [1.54, 1.807) is 0 Å². The van der Waals surface area contributed by atoms with Gasteiger partial charge in [0.05, 0.1) is 5.56 Å². The number of halogens is 5. The second kappa shape index (κ2) is 10.5. The maximum atomic E-state index is 13.3. The van der Waals surface area contributed by atoms with Crippen molar-refractivity contribution in [2.24, 2.45) is 0 Å². The molecule has 13 heteroatoms. The first-order valence-corrected chi connectivity index (χ1v) is 12.3. The number of nitrogens with one attached hydrogen (secondary N) is 2. The van der Waals surface area contributed by atoms with E-state index >= 15 is 0 Å². The summed E-state index contributed by atoms with van der Waals surface area (Å²) in [6.07, 6.45) is -3.42. The third kappa shape index (κ3) is 5.95. The average molecular weight is 569 g/mol. The number of alkyl halides is 3. The molecule has 37 heavy (non-hydrogen) atoms. The van der Waals surface area contributed by atoms with E-state index in [9.17, 15) is 27.6 Å². The number of amides is 2.